The maximum absolute atomic E-state index is 12.3. The molecule has 1 atom stereocenters. The summed E-state index contributed by atoms with van der Waals surface area (Å²) in [5, 5.41) is 0.443. The van der Waals surface area contributed by atoms with Crippen LogP contribution >= 0.6 is 12.2 Å². The lowest BCUT2D eigenvalue weighted by molar-refractivity contribution is -0.129. The van der Waals surface area contributed by atoms with E-state index in [-0.39, 0.29) is 11.8 Å². The average molecular weight is 232 g/mol. The number of fused-ring (bicyclic) bond motifs is 1. The monoisotopic (exact) mass is 232 g/mol. The molecule has 1 fully saturated rings. The molecule has 0 N–H and O–H groups in total. The maximum Gasteiger partial charge on any atom is 0.242 e. The lowest BCUT2D eigenvalue weighted by Gasteiger charge is -2.32. The van der Waals surface area contributed by atoms with Gasteiger partial charge in [0.05, 0.1) is 5.71 Å². The summed E-state index contributed by atoms with van der Waals surface area (Å²) in [5.41, 5.74) is 1.85. The van der Waals surface area contributed by atoms with Gasteiger partial charge in [0, 0.05) is 6.04 Å². The molecule has 1 amide bonds. The molecule has 3 rings (SSSR count). The Morgan fingerprint density at radius 2 is 2.25 bits per heavy atom. The first kappa shape index (κ1) is 9.90. The number of hydrogen-bond acceptors (Lipinski definition) is 2. The SMILES string of the molecule is CC1=CC=CC2=NC(=S)N(C3CC3)C(=O)C12. The van der Waals surface area contributed by atoms with Crippen molar-refractivity contribution in [1.29, 1.82) is 0 Å². The van der Waals surface area contributed by atoms with Gasteiger partial charge in [-0.15, -0.1) is 0 Å². The van der Waals surface area contributed by atoms with E-state index in [1.807, 2.05) is 25.2 Å². The Balaban J connectivity index is 2.04. The summed E-state index contributed by atoms with van der Waals surface area (Å²) in [6.07, 6.45) is 7.89. The van der Waals surface area contributed by atoms with Gasteiger partial charge in [0.15, 0.2) is 0 Å². The van der Waals surface area contributed by atoms with E-state index in [4.69, 9.17) is 12.2 Å². The van der Waals surface area contributed by atoms with Crippen LogP contribution in [0.25, 0.3) is 0 Å². The van der Waals surface area contributed by atoms with Crippen molar-refractivity contribution in [1.82, 2.24) is 4.90 Å². The van der Waals surface area contributed by atoms with E-state index in [9.17, 15) is 4.79 Å². The molecule has 1 unspecified atom stereocenters. The van der Waals surface area contributed by atoms with E-state index >= 15 is 0 Å². The number of thiocarbonyl (C=S) groups is 1. The Morgan fingerprint density at radius 1 is 1.50 bits per heavy atom. The van der Waals surface area contributed by atoms with Gasteiger partial charge in [-0.1, -0.05) is 17.7 Å². The van der Waals surface area contributed by atoms with Gasteiger partial charge in [-0.3, -0.25) is 9.69 Å². The predicted molar refractivity (Wildman–Crippen MR) is 66.3 cm³/mol. The molecule has 1 aliphatic heterocycles. The van der Waals surface area contributed by atoms with Gasteiger partial charge >= 0.3 is 0 Å². The average Bonchev–Trinajstić information content (AvgIpc) is 3.01. The van der Waals surface area contributed by atoms with Gasteiger partial charge < -0.3 is 0 Å². The van der Waals surface area contributed by atoms with Gasteiger partial charge in [-0.2, -0.15) is 0 Å². The van der Waals surface area contributed by atoms with Crippen LogP contribution in [-0.2, 0) is 4.79 Å². The minimum atomic E-state index is -0.197. The number of aliphatic imine (C=N–C) groups is 1. The van der Waals surface area contributed by atoms with Crippen molar-refractivity contribution >= 4 is 28.9 Å². The van der Waals surface area contributed by atoms with Crippen molar-refractivity contribution in [2.75, 3.05) is 0 Å². The van der Waals surface area contributed by atoms with Crippen molar-refractivity contribution in [3.63, 3.8) is 0 Å². The third-order valence-corrected chi connectivity index (χ3v) is 3.49. The third kappa shape index (κ3) is 1.37. The Bertz CT molecular complexity index is 471. The highest BCUT2D eigenvalue weighted by atomic mass is 32.1. The molecule has 0 aromatic rings. The van der Waals surface area contributed by atoms with E-state index in [0.29, 0.717) is 11.2 Å². The fraction of sp³-hybridized carbons (Fsp3) is 0.417. The number of hydrogen-bond donors (Lipinski definition) is 0. The second-order valence-electron chi connectivity index (χ2n) is 4.46. The molecule has 1 saturated carbocycles. The fourth-order valence-corrected chi connectivity index (χ4v) is 2.56. The van der Waals surface area contributed by atoms with Crippen molar-refractivity contribution in [2.45, 2.75) is 25.8 Å². The Labute approximate surface area is 99.5 Å². The van der Waals surface area contributed by atoms with E-state index in [1.165, 1.54) is 0 Å². The first-order chi connectivity index (χ1) is 7.68. The van der Waals surface area contributed by atoms with Crippen LogP contribution in [0.4, 0.5) is 0 Å². The standard InChI is InChI=1S/C12H12N2OS/c1-7-3-2-4-9-10(7)11(15)14(8-5-6-8)12(16)13-9/h2-4,8,10H,5-6H2,1H3. The summed E-state index contributed by atoms with van der Waals surface area (Å²) in [6, 6.07) is 0.309. The normalized spacial score (nSPS) is 28.8. The molecular weight excluding hydrogens is 220 g/mol. The molecule has 0 aromatic heterocycles. The fourth-order valence-electron chi connectivity index (χ4n) is 2.21. The molecule has 0 bridgehead atoms. The Hall–Kier alpha value is -1.29. The van der Waals surface area contributed by atoms with Gasteiger partial charge in [0.1, 0.15) is 5.92 Å². The van der Waals surface area contributed by atoms with Crippen molar-refractivity contribution in [3.05, 3.63) is 23.8 Å². The van der Waals surface area contributed by atoms with Gasteiger partial charge in [-0.25, -0.2) is 4.99 Å². The topological polar surface area (TPSA) is 32.7 Å². The number of rotatable bonds is 1. The molecule has 3 aliphatic rings. The van der Waals surface area contributed by atoms with Crippen LogP contribution < -0.4 is 0 Å². The number of nitrogens with zero attached hydrogens (tertiary/aromatic N) is 2. The second-order valence-corrected chi connectivity index (χ2v) is 4.83. The number of carbonyl (C=O) groups excluding carboxylic acids is 1. The van der Waals surface area contributed by atoms with E-state index in [0.717, 1.165) is 24.1 Å². The highest BCUT2D eigenvalue weighted by Crippen LogP contribution is 2.34. The summed E-state index contributed by atoms with van der Waals surface area (Å²) < 4.78 is 0. The molecule has 0 aromatic carbocycles. The molecule has 4 heteroatoms. The van der Waals surface area contributed by atoms with Crippen LogP contribution in [0.2, 0.25) is 0 Å². The molecular formula is C12H12N2OS. The van der Waals surface area contributed by atoms with E-state index in [2.05, 4.69) is 4.99 Å². The predicted octanol–water partition coefficient (Wildman–Crippen LogP) is 1.85. The summed E-state index contributed by atoms with van der Waals surface area (Å²) in [7, 11) is 0. The van der Waals surface area contributed by atoms with E-state index in [1.54, 1.807) is 4.90 Å². The smallest absolute Gasteiger partial charge is 0.242 e. The minimum Gasteiger partial charge on any atom is -0.283 e. The summed E-state index contributed by atoms with van der Waals surface area (Å²) in [6.45, 7) is 1.97. The minimum absolute atomic E-state index is 0.107. The first-order valence-electron chi connectivity index (χ1n) is 5.49. The zero-order valence-corrected chi connectivity index (χ0v) is 9.83. The molecule has 0 spiro atoms. The van der Waals surface area contributed by atoms with E-state index < -0.39 is 0 Å². The molecule has 0 saturated heterocycles. The van der Waals surface area contributed by atoms with Crippen LogP contribution in [-0.4, -0.2) is 27.7 Å². The molecule has 2 aliphatic carbocycles. The molecule has 82 valence electrons. The molecule has 16 heavy (non-hydrogen) atoms. The lowest BCUT2D eigenvalue weighted by Crippen LogP contribution is -2.48. The molecule has 0 radical (unpaired) electrons. The number of amides is 1. The van der Waals surface area contributed by atoms with Gasteiger partial charge in [0.2, 0.25) is 11.0 Å². The highest BCUT2D eigenvalue weighted by molar-refractivity contribution is 7.80. The molecule has 1 heterocycles. The summed E-state index contributed by atoms with van der Waals surface area (Å²) >= 11 is 5.19. The third-order valence-electron chi connectivity index (χ3n) is 3.20. The first-order valence-corrected chi connectivity index (χ1v) is 5.90. The second kappa shape index (κ2) is 3.35. The summed E-state index contributed by atoms with van der Waals surface area (Å²) in [5.74, 6) is -0.0899. The van der Waals surface area contributed by atoms with Crippen LogP contribution in [0.3, 0.4) is 0 Å². The Kier molecular flexibility index (Phi) is 2.07. The van der Waals surface area contributed by atoms with Crippen LogP contribution in [0.15, 0.2) is 28.8 Å². The van der Waals surface area contributed by atoms with Gasteiger partial charge in [-0.05, 0) is 38.1 Å². The van der Waals surface area contributed by atoms with Crippen LogP contribution in [0.5, 0.6) is 0 Å². The largest absolute Gasteiger partial charge is 0.283 e. The zero-order chi connectivity index (χ0) is 11.3. The quantitative estimate of drug-likeness (QED) is 0.646. The van der Waals surface area contributed by atoms with Crippen LogP contribution in [0, 0.1) is 5.92 Å². The number of allylic oxidation sites excluding steroid dienone is 3. The van der Waals surface area contributed by atoms with Crippen molar-refractivity contribution in [3.8, 4) is 0 Å². The summed E-state index contributed by atoms with van der Waals surface area (Å²) in [4.78, 5) is 18.4. The van der Waals surface area contributed by atoms with Gasteiger partial charge in [0.25, 0.3) is 0 Å². The van der Waals surface area contributed by atoms with Crippen molar-refractivity contribution in [2.24, 2.45) is 10.9 Å². The molecule has 3 nitrogen and oxygen atoms in total. The van der Waals surface area contributed by atoms with Crippen LogP contribution in [0.1, 0.15) is 19.8 Å². The highest BCUT2D eigenvalue weighted by Gasteiger charge is 2.43. The lowest BCUT2D eigenvalue weighted by atomic mass is 9.88. The zero-order valence-electron chi connectivity index (χ0n) is 9.01. The number of carbonyl (C=O) groups is 1. The maximum atomic E-state index is 12.3. The Morgan fingerprint density at radius 3 is 2.94 bits per heavy atom. The van der Waals surface area contributed by atoms with Crippen molar-refractivity contribution < 1.29 is 4.79 Å².